The number of rotatable bonds is 6. The molecule has 0 bridgehead atoms. The van der Waals surface area contributed by atoms with Gasteiger partial charge >= 0.3 is 0 Å². The number of ether oxygens (including phenoxy) is 2. The number of fused-ring (bicyclic) bond motifs is 1. The lowest BCUT2D eigenvalue weighted by atomic mass is 9.92. The lowest BCUT2D eigenvalue weighted by Crippen LogP contribution is -2.17. The van der Waals surface area contributed by atoms with Crippen molar-refractivity contribution in [1.82, 2.24) is 4.57 Å². The van der Waals surface area contributed by atoms with E-state index in [0.29, 0.717) is 12.6 Å². The SMILES string of the molecule is C=O.CCOc1ccc2c(c1)c(C#N)c(-c1ccc(OC(C)C)cc1)n2C1CCC1.CN. The molecule has 1 aliphatic carbocycles. The summed E-state index contributed by atoms with van der Waals surface area (Å²) in [7, 11) is 1.50. The summed E-state index contributed by atoms with van der Waals surface area (Å²) in [5.41, 5.74) is 8.39. The van der Waals surface area contributed by atoms with Crippen molar-refractivity contribution in [3.8, 4) is 28.8 Å². The van der Waals surface area contributed by atoms with Gasteiger partial charge in [0.15, 0.2) is 0 Å². The van der Waals surface area contributed by atoms with E-state index in [0.717, 1.165) is 52.1 Å². The molecule has 0 saturated heterocycles. The van der Waals surface area contributed by atoms with Crippen molar-refractivity contribution in [1.29, 1.82) is 5.26 Å². The Morgan fingerprint density at radius 2 is 1.75 bits per heavy atom. The number of benzene rings is 2. The number of carbonyl (C=O) groups is 1. The molecule has 1 aromatic heterocycles. The third-order valence-corrected chi connectivity index (χ3v) is 5.34. The van der Waals surface area contributed by atoms with Gasteiger partial charge in [-0.1, -0.05) is 0 Å². The Morgan fingerprint density at radius 1 is 1.12 bits per heavy atom. The summed E-state index contributed by atoms with van der Waals surface area (Å²) < 4.78 is 13.8. The Labute approximate surface area is 190 Å². The van der Waals surface area contributed by atoms with Crippen LogP contribution in [0.2, 0.25) is 0 Å². The standard InChI is InChI=1S/C24H26N2O2.CH5N.CH2O/c1-4-27-20-12-13-23-21(14-20)22(15-25)24(26(23)18-6-5-7-18)17-8-10-19(11-9-17)28-16(2)3;2*1-2/h8-14,16,18H,4-7H2,1-3H3;2H2,1H3;1H2. The maximum absolute atomic E-state index is 10.0. The van der Waals surface area contributed by atoms with Gasteiger partial charge in [0, 0.05) is 11.4 Å². The molecule has 4 rings (SSSR count). The third-order valence-electron chi connectivity index (χ3n) is 5.34. The van der Waals surface area contributed by atoms with E-state index in [1.165, 1.54) is 13.5 Å². The molecular formula is C26H33N3O3. The molecule has 32 heavy (non-hydrogen) atoms. The molecule has 6 nitrogen and oxygen atoms in total. The molecule has 0 aliphatic heterocycles. The van der Waals surface area contributed by atoms with Crippen LogP contribution in [-0.2, 0) is 4.79 Å². The molecule has 3 aromatic rings. The molecule has 1 aliphatic rings. The molecule has 2 aromatic carbocycles. The highest BCUT2D eigenvalue weighted by Crippen LogP contribution is 2.43. The molecule has 1 saturated carbocycles. The molecule has 0 amide bonds. The highest BCUT2D eigenvalue weighted by molar-refractivity contribution is 5.95. The highest BCUT2D eigenvalue weighted by atomic mass is 16.5. The molecule has 1 fully saturated rings. The number of carbonyl (C=O) groups excluding carboxylic acids is 1. The first-order valence-corrected chi connectivity index (χ1v) is 11.0. The molecule has 0 atom stereocenters. The normalized spacial score (nSPS) is 12.7. The van der Waals surface area contributed by atoms with Crippen LogP contribution >= 0.6 is 0 Å². The first kappa shape index (κ1) is 25.0. The van der Waals surface area contributed by atoms with Crippen molar-refractivity contribution in [3.05, 3.63) is 48.0 Å². The van der Waals surface area contributed by atoms with Gasteiger partial charge in [0.2, 0.25) is 0 Å². The fourth-order valence-electron chi connectivity index (χ4n) is 3.93. The summed E-state index contributed by atoms with van der Waals surface area (Å²) in [5, 5.41) is 11.0. The van der Waals surface area contributed by atoms with Gasteiger partial charge in [-0.05, 0) is 95.1 Å². The first-order chi connectivity index (χ1) is 15.6. The second kappa shape index (κ2) is 11.9. The molecule has 0 radical (unpaired) electrons. The monoisotopic (exact) mass is 435 g/mol. The zero-order chi connectivity index (χ0) is 23.7. The average molecular weight is 436 g/mol. The Kier molecular flexibility index (Phi) is 9.30. The Balaban J connectivity index is 0.000000860. The van der Waals surface area contributed by atoms with Crippen molar-refractivity contribution in [2.75, 3.05) is 13.7 Å². The van der Waals surface area contributed by atoms with Gasteiger partial charge in [0.25, 0.3) is 0 Å². The summed E-state index contributed by atoms with van der Waals surface area (Å²) in [4.78, 5) is 8.00. The van der Waals surface area contributed by atoms with Crippen LogP contribution in [-0.4, -0.2) is 31.1 Å². The molecule has 170 valence electrons. The molecule has 0 unspecified atom stereocenters. The van der Waals surface area contributed by atoms with Gasteiger partial charge in [-0.15, -0.1) is 0 Å². The molecule has 0 spiro atoms. The number of nitriles is 1. The zero-order valence-electron chi connectivity index (χ0n) is 19.4. The maximum Gasteiger partial charge on any atom is 0.120 e. The maximum atomic E-state index is 10.0. The predicted molar refractivity (Wildman–Crippen MR) is 129 cm³/mol. The van der Waals surface area contributed by atoms with Gasteiger partial charge in [0.05, 0.1) is 29.5 Å². The van der Waals surface area contributed by atoms with E-state index >= 15 is 0 Å². The van der Waals surface area contributed by atoms with E-state index in [4.69, 9.17) is 14.3 Å². The van der Waals surface area contributed by atoms with Crippen LogP contribution < -0.4 is 15.2 Å². The Hall–Kier alpha value is -3.30. The number of aromatic nitrogens is 1. The Morgan fingerprint density at radius 3 is 2.25 bits per heavy atom. The van der Waals surface area contributed by atoms with E-state index in [1.807, 2.05) is 51.8 Å². The molecule has 6 heteroatoms. The number of hydrogen-bond donors (Lipinski definition) is 1. The molecule has 2 N–H and O–H groups in total. The van der Waals surface area contributed by atoms with Crippen molar-refractivity contribution >= 4 is 17.7 Å². The number of nitrogens with zero attached hydrogens (tertiary/aromatic N) is 2. The molecular weight excluding hydrogens is 402 g/mol. The first-order valence-electron chi connectivity index (χ1n) is 11.0. The van der Waals surface area contributed by atoms with Crippen LogP contribution in [0.15, 0.2) is 42.5 Å². The van der Waals surface area contributed by atoms with Crippen molar-refractivity contribution in [2.45, 2.75) is 52.2 Å². The van der Waals surface area contributed by atoms with Crippen LogP contribution in [0.5, 0.6) is 11.5 Å². The van der Waals surface area contributed by atoms with Crippen LogP contribution in [0.3, 0.4) is 0 Å². The lowest BCUT2D eigenvalue weighted by Gasteiger charge is -2.30. The fourth-order valence-corrected chi connectivity index (χ4v) is 3.93. The summed E-state index contributed by atoms with van der Waals surface area (Å²) >= 11 is 0. The van der Waals surface area contributed by atoms with Crippen molar-refractivity contribution in [2.24, 2.45) is 5.73 Å². The van der Waals surface area contributed by atoms with E-state index in [-0.39, 0.29) is 6.10 Å². The average Bonchev–Trinajstić information content (AvgIpc) is 3.09. The second-order valence-electron chi connectivity index (χ2n) is 7.59. The van der Waals surface area contributed by atoms with Gasteiger partial charge in [-0.3, -0.25) is 0 Å². The number of nitrogens with two attached hydrogens (primary N) is 1. The topological polar surface area (TPSA) is 90.3 Å². The quantitative estimate of drug-likeness (QED) is 0.553. The van der Waals surface area contributed by atoms with E-state index in [9.17, 15) is 5.26 Å². The summed E-state index contributed by atoms with van der Waals surface area (Å²) in [6.45, 7) is 8.63. The smallest absolute Gasteiger partial charge is 0.120 e. The minimum atomic E-state index is 0.138. The summed E-state index contributed by atoms with van der Waals surface area (Å²) in [6.07, 6.45) is 3.69. The highest BCUT2D eigenvalue weighted by Gasteiger charge is 2.27. The van der Waals surface area contributed by atoms with Gasteiger partial charge in [0.1, 0.15) is 24.4 Å². The van der Waals surface area contributed by atoms with Crippen LogP contribution in [0.4, 0.5) is 0 Å². The van der Waals surface area contributed by atoms with Crippen LogP contribution in [0, 0.1) is 11.3 Å². The summed E-state index contributed by atoms with van der Waals surface area (Å²) in [5.74, 6) is 1.66. The van der Waals surface area contributed by atoms with Crippen LogP contribution in [0.1, 0.15) is 51.6 Å². The Bertz CT molecular complexity index is 1040. The van der Waals surface area contributed by atoms with E-state index in [1.54, 1.807) is 0 Å². The number of hydrogen-bond acceptors (Lipinski definition) is 5. The zero-order valence-corrected chi connectivity index (χ0v) is 19.4. The van der Waals surface area contributed by atoms with Crippen molar-refractivity contribution in [3.63, 3.8) is 0 Å². The van der Waals surface area contributed by atoms with Crippen LogP contribution in [0.25, 0.3) is 22.2 Å². The fraction of sp³-hybridized carbons (Fsp3) is 0.385. The predicted octanol–water partition coefficient (Wildman–Crippen LogP) is 5.48. The lowest BCUT2D eigenvalue weighted by molar-refractivity contribution is -0.0979. The summed E-state index contributed by atoms with van der Waals surface area (Å²) in [6, 6.07) is 17.1. The largest absolute Gasteiger partial charge is 0.494 e. The third kappa shape index (κ3) is 5.12. The molecule has 1 heterocycles. The van der Waals surface area contributed by atoms with E-state index in [2.05, 4.69) is 34.6 Å². The van der Waals surface area contributed by atoms with Gasteiger partial charge in [-0.2, -0.15) is 5.26 Å². The minimum Gasteiger partial charge on any atom is -0.494 e. The second-order valence-corrected chi connectivity index (χ2v) is 7.59. The van der Waals surface area contributed by atoms with E-state index < -0.39 is 0 Å². The van der Waals surface area contributed by atoms with Gasteiger partial charge in [-0.25, -0.2) is 0 Å². The van der Waals surface area contributed by atoms with Crippen molar-refractivity contribution < 1.29 is 14.3 Å². The minimum absolute atomic E-state index is 0.138. The van der Waals surface area contributed by atoms with Gasteiger partial charge < -0.3 is 24.6 Å².